The topological polar surface area (TPSA) is 55.5 Å². The van der Waals surface area contributed by atoms with Gasteiger partial charge in [0, 0.05) is 12.0 Å². The minimum atomic E-state index is -0.204. The Morgan fingerprint density at radius 2 is 2.27 bits per heavy atom. The number of phenolic OH excluding ortho intramolecular Hbond substituents is 1. The number of hydrogen-bond donors (Lipinski definition) is 2. The molecule has 0 saturated heterocycles. The van der Waals surface area contributed by atoms with Gasteiger partial charge in [0.25, 0.3) is 0 Å². The molecule has 15 heavy (non-hydrogen) atoms. The number of aromatic hydroxyl groups is 1. The van der Waals surface area contributed by atoms with Crippen LogP contribution in [0.5, 0.6) is 11.5 Å². The summed E-state index contributed by atoms with van der Waals surface area (Å²) < 4.78 is 5.82. The standard InChI is InChI=1S/C12H17NO2/c1-12(2)6-8(7-13)10-4-3-9(14)5-11(10)15-12/h3-5,8,14H,6-7,13H2,1-2H3. The van der Waals surface area contributed by atoms with Crippen molar-refractivity contribution in [2.75, 3.05) is 6.54 Å². The zero-order chi connectivity index (χ0) is 11.1. The van der Waals surface area contributed by atoms with Gasteiger partial charge in [0.1, 0.15) is 17.1 Å². The summed E-state index contributed by atoms with van der Waals surface area (Å²) >= 11 is 0. The molecule has 1 aliphatic heterocycles. The monoisotopic (exact) mass is 207 g/mol. The van der Waals surface area contributed by atoms with Gasteiger partial charge < -0.3 is 15.6 Å². The lowest BCUT2D eigenvalue weighted by atomic mass is 9.84. The van der Waals surface area contributed by atoms with E-state index in [-0.39, 0.29) is 11.4 Å². The molecule has 3 N–H and O–H groups in total. The van der Waals surface area contributed by atoms with Gasteiger partial charge in [-0.25, -0.2) is 0 Å². The Balaban J connectivity index is 2.44. The second-order valence-electron chi connectivity index (χ2n) is 4.72. The molecule has 0 spiro atoms. The van der Waals surface area contributed by atoms with E-state index in [1.807, 2.05) is 19.9 Å². The molecule has 1 aromatic carbocycles. The summed E-state index contributed by atoms with van der Waals surface area (Å²) in [5.41, 5.74) is 6.66. The van der Waals surface area contributed by atoms with Crippen LogP contribution >= 0.6 is 0 Å². The van der Waals surface area contributed by atoms with Gasteiger partial charge in [0.2, 0.25) is 0 Å². The quantitative estimate of drug-likeness (QED) is 0.740. The molecule has 82 valence electrons. The summed E-state index contributed by atoms with van der Waals surface area (Å²) in [6.07, 6.45) is 0.918. The SMILES string of the molecule is CC1(C)CC(CN)c2ccc(O)cc2O1. The second kappa shape index (κ2) is 3.42. The van der Waals surface area contributed by atoms with Gasteiger partial charge in [-0.3, -0.25) is 0 Å². The molecule has 1 aromatic rings. The van der Waals surface area contributed by atoms with Crippen molar-refractivity contribution in [2.45, 2.75) is 31.8 Å². The van der Waals surface area contributed by atoms with E-state index in [2.05, 4.69) is 0 Å². The van der Waals surface area contributed by atoms with Crippen molar-refractivity contribution in [3.8, 4) is 11.5 Å². The Morgan fingerprint density at radius 1 is 1.53 bits per heavy atom. The molecule has 0 fully saturated rings. The molecule has 1 atom stereocenters. The minimum absolute atomic E-state index is 0.204. The summed E-state index contributed by atoms with van der Waals surface area (Å²) in [7, 11) is 0. The smallest absolute Gasteiger partial charge is 0.127 e. The third-order valence-electron chi connectivity index (χ3n) is 2.85. The zero-order valence-electron chi connectivity index (χ0n) is 9.16. The van der Waals surface area contributed by atoms with E-state index in [0.29, 0.717) is 12.5 Å². The van der Waals surface area contributed by atoms with Gasteiger partial charge >= 0.3 is 0 Å². The Morgan fingerprint density at radius 3 is 2.93 bits per heavy atom. The van der Waals surface area contributed by atoms with Crippen LogP contribution in [0.3, 0.4) is 0 Å². The average Bonchev–Trinajstić information content (AvgIpc) is 2.14. The zero-order valence-corrected chi connectivity index (χ0v) is 9.16. The van der Waals surface area contributed by atoms with E-state index >= 15 is 0 Å². The molecular formula is C12H17NO2. The molecule has 0 aromatic heterocycles. The lowest BCUT2D eigenvalue weighted by Crippen LogP contribution is -2.36. The van der Waals surface area contributed by atoms with Gasteiger partial charge in [-0.15, -0.1) is 0 Å². The fraction of sp³-hybridized carbons (Fsp3) is 0.500. The van der Waals surface area contributed by atoms with Crippen LogP contribution in [0.25, 0.3) is 0 Å². The molecule has 1 aliphatic rings. The van der Waals surface area contributed by atoms with Gasteiger partial charge in [-0.2, -0.15) is 0 Å². The molecule has 0 bridgehead atoms. The Labute approximate surface area is 89.9 Å². The maximum atomic E-state index is 9.41. The van der Waals surface area contributed by atoms with Crippen LogP contribution < -0.4 is 10.5 Å². The molecule has 0 saturated carbocycles. The van der Waals surface area contributed by atoms with E-state index in [1.54, 1.807) is 12.1 Å². The van der Waals surface area contributed by atoms with Crippen LogP contribution in [0.1, 0.15) is 31.7 Å². The normalized spacial score (nSPS) is 23.0. The molecule has 0 aliphatic carbocycles. The molecule has 3 heteroatoms. The van der Waals surface area contributed by atoms with E-state index in [0.717, 1.165) is 17.7 Å². The summed E-state index contributed by atoms with van der Waals surface area (Å²) in [6.45, 7) is 4.70. The van der Waals surface area contributed by atoms with Gasteiger partial charge in [0.05, 0.1) is 0 Å². The molecule has 0 radical (unpaired) electrons. The Kier molecular flexibility index (Phi) is 2.35. The first-order valence-corrected chi connectivity index (χ1v) is 5.24. The van der Waals surface area contributed by atoms with E-state index in [4.69, 9.17) is 10.5 Å². The number of benzene rings is 1. The maximum Gasteiger partial charge on any atom is 0.127 e. The highest BCUT2D eigenvalue weighted by molar-refractivity contribution is 5.44. The highest BCUT2D eigenvalue weighted by atomic mass is 16.5. The van der Waals surface area contributed by atoms with Crippen molar-refractivity contribution in [3.05, 3.63) is 23.8 Å². The van der Waals surface area contributed by atoms with Crippen molar-refractivity contribution in [3.63, 3.8) is 0 Å². The Bertz CT molecular complexity index is 374. The van der Waals surface area contributed by atoms with Crippen LogP contribution in [0.2, 0.25) is 0 Å². The summed E-state index contributed by atoms with van der Waals surface area (Å²) in [5, 5.41) is 9.41. The van der Waals surface area contributed by atoms with Gasteiger partial charge in [-0.1, -0.05) is 6.07 Å². The lowest BCUT2D eigenvalue weighted by molar-refractivity contribution is 0.0728. The predicted molar refractivity (Wildman–Crippen MR) is 59.2 cm³/mol. The van der Waals surface area contributed by atoms with Crippen molar-refractivity contribution >= 4 is 0 Å². The van der Waals surface area contributed by atoms with Gasteiger partial charge in [-0.05, 0) is 38.4 Å². The first kappa shape index (κ1) is 10.3. The number of rotatable bonds is 1. The maximum absolute atomic E-state index is 9.41. The number of fused-ring (bicyclic) bond motifs is 1. The lowest BCUT2D eigenvalue weighted by Gasteiger charge is -2.37. The molecular weight excluding hydrogens is 190 g/mol. The predicted octanol–water partition coefficient (Wildman–Crippen LogP) is 2.00. The molecule has 1 heterocycles. The summed E-state index contributed by atoms with van der Waals surface area (Å²) in [6, 6.07) is 5.25. The first-order chi connectivity index (χ1) is 7.02. The number of ether oxygens (including phenoxy) is 1. The third-order valence-corrected chi connectivity index (χ3v) is 2.85. The second-order valence-corrected chi connectivity index (χ2v) is 4.72. The average molecular weight is 207 g/mol. The molecule has 0 amide bonds. The van der Waals surface area contributed by atoms with Crippen molar-refractivity contribution in [1.29, 1.82) is 0 Å². The highest BCUT2D eigenvalue weighted by Gasteiger charge is 2.32. The number of phenols is 1. The van der Waals surface area contributed by atoms with Crippen molar-refractivity contribution < 1.29 is 9.84 Å². The van der Waals surface area contributed by atoms with Crippen molar-refractivity contribution in [2.24, 2.45) is 5.73 Å². The van der Waals surface area contributed by atoms with Crippen LogP contribution in [-0.2, 0) is 0 Å². The van der Waals surface area contributed by atoms with E-state index in [9.17, 15) is 5.11 Å². The number of hydrogen-bond acceptors (Lipinski definition) is 3. The fourth-order valence-electron chi connectivity index (χ4n) is 2.20. The molecule has 2 rings (SSSR count). The summed E-state index contributed by atoms with van der Waals surface area (Å²) in [5.74, 6) is 1.33. The third kappa shape index (κ3) is 1.92. The van der Waals surface area contributed by atoms with Gasteiger partial charge in [0.15, 0.2) is 0 Å². The van der Waals surface area contributed by atoms with Crippen LogP contribution in [0, 0.1) is 0 Å². The fourth-order valence-corrected chi connectivity index (χ4v) is 2.20. The highest BCUT2D eigenvalue weighted by Crippen LogP contribution is 2.41. The summed E-state index contributed by atoms with van der Waals surface area (Å²) in [4.78, 5) is 0. The molecule has 3 nitrogen and oxygen atoms in total. The van der Waals surface area contributed by atoms with Crippen LogP contribution in [-0.4, -0.2) is 17.3 Å². The molecule has 1 unspecified atom stereocenters. The van der Waals surface area contributed by atoms with Crippen LogP contribution in [0.15, 0.2) is 18.2 Å². The minimum Gasteiger partial charge on any atom is -0.508 e. The number of nitrogens with two attached hydrogens (primary N) is 1. The van der Waals surface area contributed by atoms with E-state index < -0.39 is 0 Å². The first-order valence-electron chi connectivity index (χ1n) is 5.24. The van der Waals surface area contributed by atoms with Crippen LogP contribution in [0.4, 0.5) is 0 Å². The van der Waals surface area contributed by atoms with E-state index in [1.165, 1.54) is 0 Å². The van der Waals surface area contributed by atoms with Crippen molar-refractivity contribution in [1.82, 2.24) is 0 Å². The largest absolute Gasteiger partial charge is 0.508 e. The Hall–Kier alpha value is -1.22.